The molecule has 0 fully saturated rings. The van der Waals surface area contributed by atoms with E-state index in [1.807, 2.05) is 30.3 Å². The Balaban J connectivity index is 2.39. The smallest absolute Gasteiger partial charge is 0.270 e. The Morgan fingerprint density at radius 1 is 1.35 bits per heavy atom. The number of aromatic nitrogens is 1. The highest BCUT2D eigenvalue weighted by molar-refractivity contribution is 5.99. The average Bonchev–Trinajstić information content (AvgIpc) is 2.65. The number of fused-ring (bicyclic) bond motifs is 3. The molecule has 1 aliphatic heterocycles. The minimum Gasteiger partial charge on any atom is -0.369 e. The van der Waals surface area contributed by atoms with Crippen molar-refractivity contribution < 1.29 is 9.90 Å². The molecule has 0 bridgehead atoms. The van der Waals surface area contributed by atoms with E-state index in [9.17, 15) is 9.90 Å². The summed E-state index contributed by atoms with van der Waals surface area (Å²) in [4.78, 5) is 13.6. The van der Waals surface area contributed by atoms with Crippen LogP contribution < -0.4 is 0 Å². The third-order valence-electron chi connectivity index (χ3n) is 3.30. The zero-order valence-electron chi connectivity index (χ0n) is 9.84. The van der Waals surface area contributed by atoms with Crippen molar-refractivity contribution in [2.75, 3.05) is 13.6 Å². The van der Waals surface area contributed by atoms with Gasteiger partial charge in [0.25, 0.3) is 5.91 Å². The summed E-state index contributed by atoms with van der Waals surface area (Å²) in [6, 6.07) is 9.55. The molecule has 1 aromatic carbocycles. The number of rotatable bonds is 0. The first-order valence-electron chi connectivity index (χ1n) is 5.59. The summed E-state index contributed by atoms with van der Waals surface area (Å²) >= 11 is 0. The van der Waals surface area contributed by atoms with Gasteiger partial charge in [0.05, 0.1) is 12.1 Å². The van der Waals surface area contributed by atoms with Crippen LogP contribution in [0, 0.1) is 0 Å². The van der Waals surface area contributed by atoms with Gasteiger partial charge in [-0.05, 0) is 19.1 Å². The molecule has 0 spiro atoms. The van der Waals surface area contributed by atoms with Gasteiger partial charge in [-0.2, -0.15) is 0 Å². The van der Waals surface area contributed by atoms with Crippen LogP contribution >= 0.6 is 0 Å². The second-order valence-corrected chi connectivity index (χ2v) is 4.80. The van der Waals surface area contributed by atoms with Crippen molar-refractivity contribution in [2.45, 2.75) is 12.6 Å². The van der Waals surface area contributed by atoms with Gasteiger partial charge in [0, 0.05) is 12.4 Å². The Hall–Kier alpha value is -1.81. The second kappa shape index (κ2) is 3.11. The Morgan fingerprint density at radius 3 is 2.82 bits per heavy atom. The normalized spacial score (nSPS) is 24.2. The van der Waals surface area contributed by atoms with Crippen molar-refractivity contribution in [3.8, 4) is 0 Å². The number of likely N-dealkylation sites (N-methyl/N-ethyl adjacent to an activating group) is 1. The van der Waals surface area contributed by atoms with Crippen LogP contribution in [0.3, 0.4) is 0 Å². The van der Waals surface area contributed by atoms with Gasteiger partial charge in [-0.3, -0.25) is 4.79 Å². The highest BCUT2D eigenvalue weighted by atomic mass is 16.3. The lowest BCUT2D eigenvalue weighted by molar-refractivity contribution is -0.0477. The third kappa shape index (κ3) is 1.31. The number of benzene rings is 1. The highest BCUT2D eigenvalue weighted by Gasteiger charge is 2.37. The fourth-order valence-electron chi connectivity index (χ4n) is 2.62. The van der Waals surface area contributed by atoms with Crippen LogP contribution in [-0.2, 0) is 5.72 Å². The van der Waals surface area contributed by atoms with E-state index in [-0.39, 0.29) is 5.91 Å². The van der Waals surface area contributed by atoms with E-state index in [1.165, 1.54) is 0 Å². The van der Waals surface area contributed by atoms with Gasteiger partial charge in [0.2, 0.25) is 0 Å². The first kappa shape index (κ1) is 10.4. The number of hydrogen-bond donors (Lipinski definition) is 1. The molecular weight excluding hydrogens is 216 g/mol. The van der Waals surface area contributed by atoms with Crippen LogP contribution in [0.4, 0.5) is 0 Å². The van der Waals surface area contributed by atoms with Crippen molar-refractivity contribution in [2.24, 2.45) is 0 Å². The minimum atomic E-state index is -1.05. The van der Waals surface area contributed by atoms with E-state index in [2.05, 4.69) is 0 Å². The number of carbonyl (C=O) groups is 1. The maximum absolute atomic E-state index is 12.1. The molecule has 1 N–H and O–H groups in total. The molecule has 1 unspecified atom stereocenters. The van der Waals surface area contributed by atoms with Crippen molar-refractivity contribution in [1.82, 2.24) is 9.47 Å². The molecule has 0 saturated heterocycles. The molecule has 1 amide bonds. The number of amides is 1. The number of hydrogen-bond acceptors (Lipinski definition) is 2. The predicted molar refractivity (Wildman–Crippen MR) is 64.8 cm³/mol. The molecule has 17 heavy (non-hydrogen) atoms. The van der Waals surface area contributed by atoms with Crippen molar-refractivity contribution in [1.29, 1.82) is 0 Å². The summed E-state index contributed by atoms with van der Waals surface area (Å²) < 4.78 is 1.73. The second-order valence-electron chi connectivity index (χ2n) is 4.80. The zero-order valence-corrected chi connectivity index (χ0v) is 9.84. The van der Waals surface area contributed by atoms with Crippen LogP contribution in [0.15, 0.2) is 30.3 Å². The Kier molecular flexibility index (Phi) is 1.89. The number of carbonyl (C=O) groups excluding carboxylic acids is 1. The number of β-amino-alcohol motifs (C(OH)–C–C–N with tert-alkyl or cyclic N) is 1. The lowest BCUT2D eigenvalue weighted by atomic mass is 10.1. The molecule has 1 atom stereocenters. The Morgan fingerprint density at radius 2 is 2.06 bits per heavy atom. The van der Waals surface area contributed by atoms with E-state index in [0.717, 1.165) is 10.9 Å². The van der Waals surface area contributed by atoms with Gasteiger partial charge in [-0.25, -0.2) is 0 Å². The SMILES string of the molecule is CN1CC(C)(O)n2c(cc3ccccc32)C1=O. The molecular formula is C13H14N2O2. The van der Waals surface area contributed by atoms with Crippen LogP contribution in [0.5, 0.6) is 0 Å². The molecule has 0 radical (unpaired) electrons. The van der Waals surface area contributed by atoms with Gasteiger partial charge >= 0.3 is 0 Å². The molecule has 88 valence electrons. The molecule has 0 aliphatic carbocycles. The standard InChI is InChI=1S/C13H14N2O2/c1-13(17)8-14(2)12(16)11-7-9-5-3-4-6-10(9)15(11)13/h3-7,17H,8H2,1-2H3. The zero-order chi connectivity index (χ0) is 12.2. The predicted octanol–water partition coefficient (Wildman–Crippen LogP) is 1.39. The van der Waals surface area contributed by atoms with E-state index < -0.39 is 5.72 Å². The van der Waals surface area contributed by atoms with Crippen LogP contribution in [0.25, 0.3) is 10.9 Å². The monoisotopic (exact) mass is 230 g/mol. The van der Waals surface area contributed by atoms with Crippen molar-refractivity contribution in [3.05, 3.63) is 36.0 Å². The van der Waals surface area contributed by atoms with Gasteiger partial charge in [-0.15, -0.1) is 0 Å². The van der Waals surface area contributed by atoms with Crippen LogP contribution in [0.2, 0.25) is 0 Å². The average molecular weight is 230 g/mol. The summed E-state index contributed by atoms with van der Waals surface area (Å²) in [6.07, 6.45) is 0. The molecule has 4 nitrogen and oxygen atoms in total. The van der Waals surface area contributed by atoms with Gasteiger partial charge < -0.3 is 14.6 Å². The molecule has 4 heteroatoms. The summed E-state index contributed by atoms with van der Waals surface area (Å²) in [7, 11) is 1.71. The molecule has 0 saturated carbocycles. The van der Waals surface area contributed by atoms with Crippen molar-refractivity contribution >= 4 is 16.8 Å². The summed E-state index contributed by atoms with van der Waals surface area (Å²) in [5.74, 6) is -0.0484. The van der Waals surface area contributed by atoms with E-state index >= 15 is 0 Å². The molecule has 1 aromatic heterocycles. The Labute approximate surface area is 99.1 Å². The van der Waals surface area contributed by atoms with Gasteiger partial charge in [-0.1, -0.05) is 18.2 Å². The number of nitrogens with zero attached hydrogens (tertiary/aromatic N) is 2. The number of para-hydroxylation sites is 1. The molecule has 1 aliphatic rings. The molecule has 2 aromatic rings. The third-order valence-corrected chi connectivity index (χ3v) is 3.30. The van der Waals surface area contributed by atoms with E-state index in [1.54, 1.807) is 23.4 Å². The lowest BCUT2D eigenvalue weighted by Crippen LogP contribution is -2.50. The van der Waals surface area contributed by atoms with E-state index in [4.69, 9.17) is 0 Å². The van der Waals surface area contributed by atoms with Crippen LogP contribution in [-0.4, -0.2) is 34.1 Å². The fourth-order valence-corrected chi connectivity index (χ4v) is 2.62. The fraction of sp³-hybridized carbons (Fsp3) is 0.308. The molecule has 2 heterocycles. The number of aliphatic hydroxyl groups is 1. The quantitative estimate of drug-likeness (QED) is 0.743. The largest absolute Gasteiger partial charge is 0.369 e. The van der Waals surface area contributed by atoms with Gasteiger partial charge in [0.15, 0.2) is 5.72 Å². The first-order valence-corrected chi connectivity index (χ1v) is 5.59. The topological polar surface area (TPSA) is 45.5 Å². The maximum atomic E-state index is 12.1. The summed E-state index contributed by atoms with van der Waals surface area (Å²) in [6.45, 7) is 2.03. The van der Waals surface area contributed by atoms with Crippen molar-refractivity contribution in [3.63, 3.8) is 0 Å². The van der Waals surface area contributed by atoms with Gasteiger partial charge in [0.1, 0.15) is 5.69 Å². The van der Waals surface area contributed by atoms with Crippen LogP contribution in [0.1, 0.15) is 17.4 Å². The maximum Gasteiger partial charge on any atom is 0.270 e. The molecule has 3 rings (SSSR count). The first-order chi connectivity index (χ1) is 8.00. The Bertz CT molecular complexity index is 613. The minimum absolute atomic E-state index is 0.0484. The lowest BCUT2D eigenvalue weighted by Gasteiger charge is -2.37. The summed E-state index contributed by atoms with van der Waals surface area (Å²) in [5, 5.41) is 11.4. The van der Waals surface area contributed by atoms with E-state index in [0.29, 0.717) is 12.2 Å². The highest BCUT2D eigenvalue weighted by Crippen LogP contribution is 2.31. The summed E-state index contributed by atoms with van der Waals surface area (Å²) in [5.41, 5.74) is 0.389.